The molecule has 0 bridgehead atoms. The first-order valence-electron chi connectivity index (χ1n) is 11.8. The van der Waals surface area contributed by atoms with Gasteiger partial charge in [0.25, 0.3) is 5.91 Å². The summed E-state index contributed by atoms with van der Waals surface area (Å²) in [5, 5.41) is 3.01. The molecule has 1 aromatic carbocycles. The van der Waals surface area contributed by atoms with E-state index in [1.54, 1.807) is 4.90 Å². The predicted octanol–water partition coefficient (Wildman–Crippen LogP) is 3.02. The summed E-state index contributed by atoms with van der Waals surface area (Å²) in [6.07, 6.45) is 4.14. The van der Waals surface area contributed by atoms with Gasteiger partial charge in [-0.3, -0.25) is 14.5 Å². The van der Waals surface area contributed by atoms with Gasteiger partial charge in [-0.2, -0.15) is 0 Å². The molecular formula is C24H31F2N3O4. The Morgan fingerprint density at radius 2 is 1.94 bits per heavy atom. The van der Waals surface area contributed by atoms with Crippen molar-refractivity contribution in [2.45, 2.75) is 63.5 Å². The molecule has 0 saturated carbocycles. The Kier molecular flexibility index (Phi) is 6.97. The Balaban J connectivity index is 1.40. The Bertz CT molecular complexity index is 913. The molecule has 0 unspecified atom stereocenters. The molecule has 4 amide bonds. The minimum atomic E-state index is -0.969. The van der Waals surface area contributed by atoms with Crippen molar-refractivity contribution in [2.75, 3.05) is 26.2 Å². The van der Waals surface area contributed by atoms with E-state index in [1.807, 2.05) is 6.92 Å². The number of nitrogens with zero attached hydrogens (tertiary/aromatic N) is 2. The van der Waals surface area contributed by atoms with E-state index < -0.39 is 17.2 Å². The number of carbonyl (C=O) groups is 3. The lowest BCUT2D eigenvalue weighted by Gasteiger charge is -2.41. The van der Waals surface area contributed by atoms with Gasteiger partial charge in [0, 0.05) is 19.7 Å². The lowest BCUT2D eigenvalue weighted by Crippen LogP contribution is -2.56. The number of hydrogen-bond donors (Lipinski definition) is 1. The zero-order valence-electron chi connectivity index (χ0n) is 18.9. The Hall–Kier alpha value is -2.55. The van der Waals surface area contributed by atoms with Crippen LogP contribution in [0.15, 0.2) is 18.2 Å². The van der Waals surface area contributed by atoms with Crippen molar-refractivity contribution >= 4 is 17.8 Å². The van der Waals surface area contributed by atoms with Crippen LogP contribution < -0.4 is 5.32 Å². The number of hydrogen-bond acceptors (Lipinski definition) is 4. The molecule has 0 aromatic heterocycles. The topological polar surface area (TPSA) is 79.0 Å². The third-order valence-corrected chi connectivity index (χ3v) is 7.14. The first kappa shape index (κ1) is 23.6. The second-order valence-electron chi connectivity index (χ2n) is 9.28. The van der Waals surface area contributed by atoms with Gasteiger partial charge in [0.1, 0.15) is 5.54 Å². The summed E-state index contributed by atoms with van der Waals surface area (Å²) >= 11 is 0. The molecule has 0 aliphatic carbocycles. The monoisotopic (exact) mass is 463 g/mol. The number of nitrogens with one attached hydrogen (secondary N) is 1. The fourth-order valence-electron chi connectivity index (χ4n) is 5.40. The number of imide groups is 1. The molecule has 7 nitrogen and oxygen atoms in total. The molecule has 3 aliphatic rings. The fraction of sp³-hybridized carbons (Fsp3) is 0.625. The number of benzene rings is 1. The SMILES string of the molecule is CCC[C@@]1(C2CCN(C(=O)Cc3ccc(F)c(F)c3)CC2)NC(=O)N(C[C@H]2CCCO2)C1=O. The minimum absolute atomic E-state index is 0.00714. The van der Waals surface area contributed by atoms with Crippen LogP contribution in [-0.2, 0) is 20.7 Å². The molecule has 1 N–H and O–H groups in total. The number of carbonyl (C=O) groups excluding carboxylic acids is 3. The smallest absolute Gasteiger partial charge is 0.325 e. The van der Waals surface area contributed by atoms with Crippen molar-refractivity contribution in [1.29, 1.82) is 0 Å². The maximum atomic E-state index is 13.5. The molecule has 33 heavy (non-hydrogen) atoms. The lowest BCUT2D eigenvalue weighted by molar-refractivity contribution is -0.136. The molecule has 0 radical (unpaired) electrons. The van der Waals surface area contributed by atoms with Crippen LogP contribution >= 0.6 is 0 Å². The Morgan fingerprint density at radius 3 is 2.58 bits per heavy atom. The highest BCUT2D eigenvalue weighted by Crippen LogP contribution is 2.37. The average Bonchev–Trinajstić information content (AvgIpc) is 3.40. The summed E-state index contributed by atoms with van der Waals surface area (Å²) in [7, 11) is 0. The summed E-state index contributed by atoms with van der Waals surface area (Å²) in [4.78, 5) is 41.9. The maximum absolute atomic E-state index is 13.5. The highest BCUT2D eigenvalue weighted by molar-refractivity contribution is 6.07. The van der Waals surface area contributed by atoms with Crippen LogP contribution in [0.2, 0.25) is 0 Å². The number of ether oxygens (including phenoxy) is 1. The third kappa shape index (κ3) is 4.74. The fourth-order valence-corrected chi connectivity index (χ4v) is 5.40. The summed E-state index contributed by atoms with van der Waals surface area (Å²) < 4.78 is 32.2. The first-order chi connectivity index (χ1) is 15.8. The van der Waals surface area contributed by atoms with Gasteiger partial charge in [0.2, 0.25) is 5.91 Å². The maximum Gasteiger partial charge on any atom is 0.325 e. The largest absolute Gasteiger partial charge is 0.376 e. The van der Waals surface area contributed by atoms with Crippen LogP contribution in [0.1, 0.15) is 51.0 Å². The van der Waals surface area contributed by atoms with Gasteiger partial charge < -0.3 is 15.0 Å². The van der Waals surface area contributed by atoms with E-state index in [1.165, 1.54) is 11.0 Å². The summed E-state index contributed by atoms with van der Waals surface area (Å²) in [6, 6.07) is 3.12. The highest BCUT2D eigenvalue weighted by atomic mass is 19.2. The number of likely N-dealkylation sites (tertiary alicyclic amines) is 1. The molecule has 9 heteroatoms. The number of amides is 4. The normalized spacial score (nSPS) is 26.2. The second-order valence-corrected chi connectivity index (χ2v) is 9.28. The van der Waals surface area contributed by atoms with Crippen molar-refractivity contribution in [3.63, 3.8) is 0 Å². The van der Waals surface area contributed by atoms with E-state index in [-0.39, 0.29) is 42.8 Å². The van der Waals surface area contributed by atoms with E-state index in [9.17, 15) is 23.2 Å². The van der Waals surface area contributed by atoms with Crippen LogP contribution in [-0.4, -0.2) is 65.5 Å². The summed E-state index contributed by atoms with van der Waals surface area (Å²) in [5.74, 6) is -2.33. The number of rotatable bonds is 7. The molecule has 3 fully saturated rings. The van der Waals surface area contributed by atoms with E-state index in [2.05, 4.69) is 5.32 Å². The van der Waals surface area contributed by atoms with Crippen molar-refractivity contribution in [3.05, 3.63) is 35.4 Å². The Labute approximate surface area is 192 Å². The summed E-state index contributed by atoms with van der Waals surface area (Å²) in [6.45, 7) is 3.83. The molecule has 4 rings (SSSR count). The van der Waals surface area contributed by atoms with Gasteiger partial charge in [-0.25, -0.2) is 13.6 Å². The molecule has 3 heterocycles. The molecule has 3 aliphatic heterocycles. The van der Waals surface area contributed by atoms with E-state index >= 15 is 0 Å². The van der Waals surface area contributed by atoms with Crippen LogP contribution in [0.25, 0.3) is 0 Å². The minimum Gasteiger partial charge on any atom is -0.376 e. The van der Waals surface area contributed by atoms with Crippen molar-refractivity contribution in [2.24, 2.45) is 5.92 Å². The average molecular weight is 464 g/mol. The number of urea groups is 1. The third-order valence-electron chi connectivity index (χ3n) is 7.14. The van der Waals surface area contributed by atoms with Crippen LogP contribution in [0.5, 0.6) is 0 Å². The standard InChI is InChI=1S/C24H31F2N3O4/c1-2-9-24(22(31)29(23(32)27-24)15-18-4-3-12-33-18)17-7-10-28(11-8-17)21(30)14-16-5-6-19(25)20(26)13-16/h5-6,13,17-18H,2-4,7-12,14-15H2,1H3,(H,27,32)/t18-,24+/m1/s1. The molecule has 3 saturated heterocycles. The first-order valence-corrected chi connectivity index (χ1v) is 11.8. The molecule has 1 aromatic rings. The van der Waals surface area contributed by atoms with Gasteiger partial charge in [-0.05, 0) is 55.7 Å². The van der Waals surface area contributed by atoms with E-state index in [4.69, 9.17) is 4.74 Å². The van der Waals surface area contributed by atoms with Crippen LogP contribution in [0.3, 0.4) is 0 Å². The van der Waals surface area contributed by atoms with Crippen molar-refractivity contribution in [3.8, 4) is 0 Å². The zero-order chi connectivity index (χ0) is 23.6. The molecular weight excluding hydrogens is 432 g/mol. The quantitative estimate of drug-likeness (QED) is 0.631. The van der Waals surface area contributed by atoms with Crippen molar-refractivity contribution < 1.29 is 27.9 Å². The van der Waals surface area contributed by atoms with E-state index in [0.29, 0.717) is 44.5 Å². The number of halogens is 2. The van der Waals surface area contributed by atoms with Gasteiger partial charge in [-0.1, -0.05) is 19.4 Å². The molecule has 180 valence electrons. The predicted molar refractivity (Wildman–Crippen MR) is 116 cm³/mol. The van der Waals surface area contributed by atoms with Gasteiger partial charge in [0.15, 0.2) is 11.6 Å². The molecule has 2 atom stereocenters. The second kappa shape index (κ2) is 9.75. The van der Waals surface area contributed by atoms with Crippen molar-refractivity contribution in [1.82, 2.24) is 15.1 Å². The van der Waals surface area contributed by atoms with Gasteiger partial charge in [-0.15, -0.1) is 0 Å². The lowest BCUT2D eigenvalue weighted by atomic mass is 9.74. The van der Waals surface area contributed by atoms with E-state index in [0.717, 1.165) is 31.4 Å². The van der Waals surface area contributed by atoms with Crippen LogP contribution in [0, 0.1) is 17.6 Å². The number of piperidine rings is 1. The van der Waals surface area contributed by atoms with Gasteiger partial charge >= 0.3 is 6.03 Å². The molecule has 0 spiro atoms. The van der Waals surface area contributed by atoms with Crippen LogP contribution in [0.4, 0.5) is 13.6 Å². The van der Waals surface area contributed by atoms with Gasteiger partial charge in [0.05, 0.1) is 19.1 Å². The summed E-state index contributed by atoms with van der Waals surface area (Å²) in [5.41, 5.74) is -0.522. The highest BCUT2D eigenvalue weighted by Gasteiger charge is 2.55. The Morgan fingerprint density at radius 1 is 1.18 bits per heavy atom. The zero-order valence-corrected chi connectivity index (χ0v) is 18.9.